The molecule has 2 aromatic rings. The molecular weight excluding hydrogens is 299 g/mol. The van der Waals surface area contributed by atoms with Gasteiger partial charge in [-0.1, -0.05) is 29.8 Å². The number of halogens is 4. The van der Waals surface area contributed by atoms with Crippen LogP contribution in [0.2, 0.25) is 5.02 Å². The van der Waals surface area contributed by atoms with Gasteiger partial charge in [0.15, 0.2) is 0 Å². The van der Waals surface area contributed by atoms with Gasteiger partial charge in [0.05, 0.1) is 5.56 Å². The molecule has 0 aliphatic carbocycles. The van der Waals surface area contributed by atoms with E-state index >= 15 is 0 Å². The van der Waals surface area contributed by atoms with Gasteiger partial charge in [-0.2, -0.15) is 13.2 Å². The predicted octanol–water partition coefficient (Wildman–Crippen LogP) is 5.40. The molecule has 1 aromatic carbocycles. The summed E-state index contributed by atoms with van der Waals surface area (Å²) in [7, 11) is 0. The molecule has 1 heterocycles. The van der Waals surface area contributed by atoms with Crippen LogP contribution in [0.15, 0.2) is 48.7 Å². The Morgan fingerprint density at radius 2 is 1.86 bits per heavy atom. The summed E-state index contributed by atoms with van der Waals surface area (Å²) < 4.78 is 37.8. The number of aromatic nitrogens is 1. The molecule has 0 aliphatic heterocycles. The third kappa shape index (κ3) is 4.33. The maximum Gasteiger partial charge on any atom is 0.416 e. The first-order valence-corrected chi connectivity index (χ1v) is 6.69. The second-order valence-electron chi connectivity index (χ2n) is 4.63. The molecule has 21 heavy (non-hydrogen) atoms. The average Bonchev–Trinajstić information content (AvgIpc) is 2.45. The van der Waals surface area contributed by atoms with Gasteiger partial charge in [-0.15, -0.1) is 0 Å². The molecule has 0 aliphatic rings. The van der Waals surface area contributed by atoms with Crippen molar-refractivity contribution in [3.63, 3.8) is 0 Å². The van der Waals surface area contributed by atoms with Crippen LogP contribution < -0.4 is 0 Å². The second-order valence-corrected chi connectivity index (χ2v) is 5.07. The lowest BCUT2D eigenvalue weighted by molar-refractivity contribution is -0.137. The quantitative estimate of drug-likeness (QED) is 0.739. The summed E-state index contributed by atoms with van der Waals surface area (Å²) in [4.78, 5) is 3.97. The molecule has 0 N–H and O–H groups in total. The Morgan fingerprint density at radius 1 is 1.19 bits per heavy atom. The fourth-order valence-electron chi connectivity index (χ4n) is 1.85. The zero-order chi connectivity index (χ0) is 15.5. The Kier molecular flexibility index (Phi) is 4.68. The van der Waals surface area contributed by atoms with E-state index in [1.165, 1.54) is 6.20 Å². The summed E-state index contributed by atoms with van der Waals surface area (Å²) >= 11 is 5.81. The molecule has 1 nitrogen and oxygen atoms in total. The number of rotatable bonds is 3. The smallest absolute Gasteiger partial charge is 0.261 e. The minimum Gasteiger partial charge on any atom is -0.261 e. The van der Waals surface area contributed by atoms with E-state index in [-0.39, 0.29) is 0 Å². The molecule has 110 valence electrons. The van der Waals surface area contributed by atoms with E-state index in [0.717, 1.165) is 23.3 Å². The highest BCUT2D eigenvalue weighted by molar-refractivity contribution is 6.30. The molecule has 0 radical (unpaired) electrons. The first-order valence-electron chi connectivity index (χ1n) is 6.31. The largest absolute Gasteiger partial charge is 0.416 e. The van der Waals surface area contributed by atoms with Crippen molar-refractivity contribution in [2.75, 3.05) is 0 Å². The van der Waals surface area contributed by atoms with Crippen LogP contribution in [0.5, 0.6) is 0 Å². The van der Waals surface area contributed by atoms with E-state index < -0.39 is 11.7 Å². The highest BCUT2D eigenvalue weighted by Gasteiger charge is 2.30. The number of hydrogen-bond acceptors (Lipinski definition) is 1. The van der Waals surface area contributed by atoms with E-state index in [2.05, 4.69) is 4.98 Å². The zero-order valence-corrected chi connectivity index (χ0v) is 12.0. The van der Waals surface area contributed by atoms with Gasteiger partial charge in [0.2, 0.25) is 0 Å². The molecule has 0 atom stereocenters. The lowest BCUT2D eigenvalue weighted by Crippen LogP contribution is -2.06. The third-order valence-corrected chi connectivity index (χ3v) is 3.31. The number of hydrogen-bond donors (Lipinski definition) is 0. The van der Waals surface area contributed by atoms with Crippen LogP contribution in [-0.2, 0) is 12.6 Å². The molecular formula is C16H13ClF3N. The summed E-state index contributed by atoms with van der Waals surface area (Å²) in [6.45, 7) is 1.90. The third-order valence-electron chi connectivity index (χ3n) is 3.06. The Hall–Kier alpha value is -1.81. The average molecular weight is 312 g/mol. The van der Waals surface area contributed by atoms with Crippen LogP contribution in [0, 0.1) is 0 Å². The highest BCUT2D eigenvalue weighted by Crippen LogP contribution is 2.29. The summed E-state index contributed by atoms with van der Waals surface area (Å²) in [5.41, 5.74) is 1.65. The van der Waals surface area contributed by atoms with Crippen LogP contribution in [0.3, 0.4) is 0 Å². The van der Waals surface area contributed by atoms with Crippen molar-refractivity contribution in [2.24, 2.45) is 0 Å². The van der Waals surface area contributed by atoms with Gasteiger partial charge in [-0.25, -0.2) is 0 Å². The Morgan fingerprint density at radius 3 is 2.48 bits per heavy atom. The van der Waals surface area contributed by atoms with Gasteiger partial charge < -0.3 is 0 Å². The fraction of sp³-hybridized carbons (Fsp3) is 0.188. The molecule has 0 unspecified atom stereocenters. The maximum atomic E-state index is 12.6. The van der Waals surface area contributed by atoms with Crippen LogP contribution in [0.25, 0.3) is 5.57 Å². The summed E-state index contributed by atoms with van der Waals surface area (Å²) in [5.74, 6) is 0. The molecule has 0 spiro atoms. The van der Waals surface area contributed by atoms with Crippen molar-refractivity contribution in [1.29, 1.82) is 0 Å². The Labute approximate surface area is 126 Å². The van der Waals surface area contributed by atoms with Crippen LogP contribution in [-0.4, -0.2) is 4.98 Å². The minimum atomic E-state index is -4.34. The van der Waals surface area contributed by atoms with Crippen molar-refractivity contribution >= 4 is 17.2 Å². The maximum absolute atomic E-state index is 12.6. The van der Waals surface area contributed by atoms with Crippen LogP contribution in [0.1, 0.15) is 23.7 Å². The highest BCUT2D eigenvalue weighted by atomic mass is 35.5. The van der Waals surface area contributed by atoms with Gasteiger partial charge in [0, 0.05) is 23.3 Å². The number of pyridine rings is 1. The molecule has 5 heteroatoms. The molecule has 1 aromatic heterocycles. The molecule has 0 bridgehead atoms. The Balaban J connectivity index is 2.15. The van der Waals surface area contributed by atoms with Gasteiger partial charge in [0.25, 0.3) is 0 Å². The van der Waals surface area contributed by atoms with Crippen molar-refractivity contribution in [1.82, 2.24) is 4.98 Å². The fourth-order valence-corrected chi connectivity index (χ4v) is 1.98. The van der Waals surface area contributed by atoms with Gasteiger partial charge in [-0.3, -0.25) is 4.98 Å². The summed E-state index contributed by atoms with van der Waals surface area (Å²) in [5, 5.41) is 0.645. The predicted molar refractivity (Wildman–Crippen MR) is 78.0 cm³/mol. The standard InChI is InChI=1S/C16H13ClF3N/c1-11(12-3-5-14(17)6-4-12)2-7-15-10-13(8-9-21-15)16(18,19)20/h2-6,8-10H,7H2,1H3. The molecule has 2 rings (SSSR count). The van der Waals surface area contributed by atoms with E-state index in [4.69, 9.17) is 11.6 Å². The monoisotopic (exact) mass is 311 g/mol. The van der Waals surface area contributed by atoms with E-state index in [0.29, 0.717) is 17.1 Å². The number of benzene rings is 1. The summed E-state index contributed by atoms with van der Waals surface area (Å²) in [6.07, 6.45) is -0.958. The van der Waals surface area contributed by atoms with E-state index in [1.807, 2.05) is 25.1 Å². The van der Waals surface area contributed by atoms with Gasteiger partial charge >= 0.3 is 6.18 Å². The molecule has 0 saturated heterocycles. The topological polar surface area (TPSA) is 12.9 Å². The van der Waals surface area contributed by atoms with Crippen LogP contribution in [0.4, 0.5) is 13.2 Å². The first kappa shape index (κ1) is 15.6. The first-order chi connectivity index (χ1) is 9.86. The number of alkyl halides is 3. The van der Waals surface area contributed by atoms with Crippen molar-refractivity contribution < 1.29 is 13.2 Å². The number of allylic oxidation sites excluding steroid dienone is 2. The normalized spacial score (nSPS) is 12.5. The number of nitrogens with zero attached hydrogens (tertiary/aromatic N) is 1. The molecule has 0 saturated carbocycles. The lowest BCUT2D eigenvalue weighted by Gasteiger charge is -2.07. The van der Waals surface area contributed by atoms with Crippen molar-refractivity contribution in [2.45, 2.75) is 19.5 Å². The summed E-state index contributed by atoms with van der Waals surface area (Å²) in [6, 6.07) is 9.33. The molecule has 0 fully saturated rings. The minimum absolute atomic E-state index is 0.346. The van der Waals surface area contributed by atoms with Crippen molar-refractivity contribution in [3.8, 4) is 0 Å². The van der Waals surface area contributed by atoms with Crippen molar-refractivity contribution in [3.05, 3.63) is 70.5 Å². The van der Waals surface area contributed by atoms with E-state index in [1.54, 1.807) is 12.1 Å². The SMILES string of the molecule is CC(=CCc1cc(C(F)(F)F)ccn1)c1ccc(Cl)cc1. The lowest BCUT2D eigenvalue weighted by atomic mass is 10.1. The molecule has 0 amide bonds. The van der Waals surface area contributed by atoms with Gasteiger partial charge in [0.1, 0.15) is 0 Å². The van der Waals surface area contributed by atoms with E-state index in [9.17, 15) is 13.2 Å². The van der Waals surface area contributed by atoms with Crippen LogP contribution >= 0.6 is 11.6 Å². The Bertz CT molecular complexity index is 645. The van der Waals surface area contributed by atoms with Gasteiger partial charge in [-0.05, 0) is 42.3 Å². The zero-order valence-electron chi connectivity index (χ0n) is 11.3. The second kappa shape index (κ2) is 6.31.